The van der Waals surface area contributed by atoms with Crippen LogP contribution in [0.15, 0.2) is 121 Å². The van der Waals surface area contributed by atoms with Crippen LogP contribution in [0.5, 0.6) is 11.5 Å². The van der Waals surface area contributed by atoms with E-state index < -0.39 is 17.3 Å². The summed E-state index contributed by atoms with van der Waals surface area (Å²) >= 11 is 0. The molecule has 7 heteroatoms. The Morgan fingerprint density at radius 2 is 1.42 bits per heavy atom. The van der Waals surface area contributed by atoms with Crippen molar-refractivity contribution in [2.45, 2.75) is 56.7 Å². The van der Waals surface area contributed by atoms with Crippen LogP contribution < -0.4 is 14.4 Å². The van der Waals surface area contributed by atoms with Crippen LogP contribution in [0.25, 0.3) is 39.1 Å². The van der Waals surface area contributed by atoms with E-state index in [1.54, 1.807) is 19.2 Å². The van der Waals surface area contributed by atoms with Gasteiger partial charge >= 0.3 is 6.18 Å². The minimum Gasteiger partial charge on any atom is -0.497 e. The standard InChI is InChI=1S/C50H46F3NO3/c1-4-24-48(25-5-2)44-31-34(33-11-14-37(15-12-33)50(51,52)53)13-21-41(44)45-43-32-39(55-3)20-22-40(43)47-42(46(45)48)23-26-49(57-47,35-9-7-6-8-10-35)36-16-18-38(19-17-36)54-27-29-56-30-28-54/h6-23,26,31-32H,4-5,24-25,27-30H2,1-3H3. The molecule has 3 aliphatic rings. The summed E-state index contributed by atoms with van der Waals surface area (Å²) in [6.07, 6.45) is 3.84. The van der Waals surface area contributed by atoms with Gasteiger partial charge in [-0.05, 0) is 106 Å². The molecule has 1 aliphatic carbocycles. The fourth-order valence-corrected chi connectivity index (χ4v) is 9.75. The van der Waals surface area contributed by atoms with Crippen LogP contribution in [0, 0.1) is 0 Å². The molecule has 1 unspecified atom stereocenters. The van der Waals surface area contributed by atoms with Crippen LogP contribution in [-0.2, 0) is 21.9 Å². The van der Waals surface area contributed by atoms with E-state index in [0.717, 1.165) is 113 Å². The van der Waals surface area contributed by atoms with E-state index in [4.69, 9.17) is 14.2 Å². The van der Waals surface area contributed by atoms with E-state index in [2.05, 4.69) is 110 Å². The Balaban J connectivity index is 1.27. The van der Waals surface area contributed by atoms with Crippen molar-refractivity contribution in [3.63, 3.8) is 0 Å². The van der Waals surface area contributed by atoms with Crippen molar-refractivity contribution in [2.75, 3.05) is 38.3 Å². The van der Waals surface area contributed by atoms with E-state index in [0.29, 0.717) is 0 Å². The zero-order valence-corrected chi connectivity index (χ0v) is 32.6. The molecule has 2 heterocycles. The Kier molecular flexibility index (Phi) is 9.39. The summed E-state index contributed by atoms with van der Waals surface area (Å²) in [5, 5.41) is 2.06. The van der Waals surface area contributed by atoms with Gasteiger partial charge in [-0.2, -0.15) is 13.2 Å². The van der Waals surface area contributed by atoms with Gasteiger partial charge in [0, 0.05) is 46.3 Å². The third kappa shape index (κ3) is 6.10. The van der Waals surface area contributed by atoms with Gasteiger partial charge in [0.15, 0.2) is 5.60 Å². The van der Waals surface area contributed by atoms with Crippen molar-refractivity contribution < 1.29 is 27.4 Å². The van der Waals surface area contributed by atoms with Gasteiger partial charge in [0.25, 0.3) is 0 Å². The largest absolute Gasteiger partial charge is 0.497 e. The van der Waals surface area contributed by atoms with Gasteiger partial charge < -0.3 is 19.1 Å². The lowest BCUT2D eigenvalue weighted by Crippen LogP contribution is -2.37. The molecule has 0 N–H and O–H groups in total. The highest BCUT2D eigenvalue weighted by atomic mass is 19.4. The van der Waals surface area contributed by atoms with Crippen molar-refractivity contribution in [3.05, 3.63) is 155 Å². The number of nitrogens with zero attached hydrogens (tertiary/aromatic N) is 1. The van der Waals surface area contributed by atoms with Gasteiger partial charge in [-0.3, -0.25) is 0 Å². The quantitative estimate of drug-likeness (QED) is 0.147. The van der Waals surface area contributed by atoms with Crippen LogP contribution in [0.3, 0.4) is 0 Å². The smallest absolute Gasteiger partial charge is 0.416 e. The second-order valence-electron chi connectivity index (χ2n) is 15.5. The van der Waals surface area contributed by atoms with Crippen LogP contribution in [0.2, 0.25) is 0 Å². The molecule has 0 amide bonds. The van der Waals surface area contributed by atoms with Crippen molar-refractivity contribution in [2.24, 2.45) is 0 Å². The molecule has 4 nitrogen and oxygen atoms in total. The molecule has 6 aromatic rings. The van der Waals surface area contributed by atoms with E-state index in [-0.39, 0.29) is 5.41 Å². The average molecular weight is 766 g/mol. The molecule has 0 saturated carbocycles. The molecular weight excluding hydrogens is 720 g/mol. The van der Waals surface area contributed by atoms with Crippen molar-refractivity contribution in [1.82, 2.24) is 0 Å². The number of benzene rings is 6. The van der Waals surface area contributed by atoms with Crippen LogP contribution >= 0.6 is 0 Å². The maximum absolute atomic E-state index is 13.5. The second-order valence-corrected chi connectivity index (χ2v) is 15.5. The van der Waals surface area contributed by atoms with E-state index in [9.17, 15) is 13.2 Å². The van der Waals surface area contributed by atoms with Crippen LogP contribution in [-0.4, -0.2) is 33.4 Å². The lowest BCUT2D eigenvalue weighted by Gasteiger charge is -2.40. The van der Waals surface area contributed by atoms with E-state index >= 15 is 0 Å². The fourth-order valence-electron chi connectivity index (χ4n) is 9.75. The maximum Gasteiger partial charge on any atom is 0.416 e. The Morgan fingerprint density at radius 1 is 0.737 bits per heavy atom. The Labute approximate surface area is 332 Å². The highest BCUT2D eigenvalue weighted by Gasteiger charge is 2.48. The number of morpholine rings is 1. The normalized spacial score (nSPS) is 18.2. The molecule has 1 atom stereocenters. The fraction of sp³-hybridized carbons (Fsp3) is 0.280. The summed E-state index contributed by atoms with van der Waals surface area (Å²) in [5.41, 5.74) is 8.84. The molecule has 1 saturated heterocycles. The average Bonchev–Trinajstić information content (AvgIpc) is 3.53. The lowest BCUT2D eigenvalue weighted by atomic mass is 9.69. The number of ether oxygens (including phenoxy) is 3. The first-order chi connectivity index (χ1) is 27.7. The number of methoxy groups -OCH3 is 1. The van der Waals surface area contributed by atoms with E-state index in [1.807, 2.05) is 12.1 Å². The zero-order chi connectivity index (χ0) is 39.4. The third-order valence-electron chi connectivity index (χ3n) is 12.3. The third-order valence-corrected chi connectivity index (χ3v) is 12.3. The lowest BCUT2D eigenvalue weighted by molar-refractivity contribution is -0.137. The molecule has 9 rings (SSSR count). The summed E-state index contributed by atoms with van der Waals surface area (Å²) in [6.45, 7) is 7.63. The molecule has 290 valence electrons. The van der Waals surface area contributed by atoms with E-state index in [1.165, 1.54) is 28.8 Å². The topological polar surface area (TPSA) is 30.9 Å². The number of hydrogen-bond acceptors (Lipinski definition) is 4. The second kappa shape index (κ2) is 14.4. The number of hydrogen-bond donors (Lipinski definition) is 0. The Bertz CT molecular complexity index is 2460. The highest BCUT2D eigenvalue weighted by Crippen LogP contribution is 2.61. The van der Waals surface area contributed by atoms with Gasteiger partial charge in [-0.25, -0.2) is 0 Å². The van der Waals surface area contributed by atoms with Gasteiger partial charge in [0.05, 0.1) is 25.9 Å². The molecule has 0 bridgehead atoms. The predicted molar refractivity (Wildman–Crippen MR) is 223 cm³/mol. The summed E-state index contributed by atoms with van der Waals surface area (Å²) in [4.78, 5) is 2.36. The number of fused-ring (bicyclic) bond motifs is 8. The van der Waals surface area contributed by atoms with Gasteiger partial charge in [0.2, 0.25) is 0 Å². The molecule has 6 aromatic carbocycles. The van der Waals surface area contributed by atoms with Gasteiger partial charge in [0.1, 0.15) is 11.5 Å². The first kappa shape index (κ1) is 37.1. The Hall–Kier alpha value is -5.53. The summed E-state index contributed by atoms with van der Waals surface area (Å²) in [7, 11) is 1.70. The number of rotatable bonds is 9. The SMILES string of the molecule is CCCC1(CCC)c2cc(-c3ccc(C(F)(F)F)cc3)ccc2-c2c1c1c(c3ccc(OC)cc23)OC(c2ccccc2)(c2ccc(N3CCOCC3)cc2)C=C1. The van der Waals surface area contributed by atoms with Crippen LogP contribution in [0.4, 0.5) is 18.9 Å². The number of anilines is 1. The summed E-state index contributed by atoms with van der Waals surface area (Å²) in [5.74, 6) is 1.60. The van der Waals surface area contributed by atoms with Crippen LogP contribution in [0.1, 0.15) is 72.9 Å². The highest BCUT2D eigenvalue weighted by molar-refractivity contribution is 6.09. The minimum absolute atomic E-state index is 0.363. The molecule has 57 heavy (non-hydrogen) atoms. The Morgan fingerprint density at radius 3 is 2.09 bits per heavy atom. The molecule has 0 radical (unpaired) electrons. The monoisotopic (exact) mass is 765 g/mol. The number of halogens is 3. The number of alkyl halides is 3. The molecule has 2 aliphatic heterocycles. The summed E-state index contributed by atoms with van der Waals surface area (Å²) < 4.78 is 59.7. The first-order valence-corrected chi connectivity index (χ1v) is 20.1. The van der Waals surface area contributed by atoms with Gasteiger partial charge in [-0.15, -0.1) is 0 Å². The first-order valence-electron chi connectivity index (χ1n) is 20.1. The van der Waals surface area contributed by atoms with Crippen molar-refractivity contribution in [1.29, 1.82) is 0 Å². The predicted octanol–water partition coefficient (Wildman–Crippen LogP) is 12.6. The molecule has 1 fully saturated rings. The van der Waals surface area contributed by atoms with Gasteiger partial charge in [-0.1, -0.05) is 99.5 Å². The minimum atomic E-state index is -4.39. The molecule has 0 aromatic heterocycles. The maximum atomic E-state index is 13.5. The summed E-state index contributed by atoms with van der Waals surface area (Å²) in [6, 6.07) is 37.5. The molecular formula is C50H46F3NO3. The molecule has 0 spiro atoms. The van der Waals surface area contributed by atoms with Crippen molar-refractivity contribution in [3.8, 4) is 33.8 Å². The zero-order valence-electron chi connectivity index (χ0n) is 32.6. The van der Waals surface area contributed by atoms with Crippen molar-refractivity contribution >= 4 is 22.5 Å².